The second-order valence-corrected chi connectivity index (χ2v) is 7.32. The van der Waals surface area contributed by atoms with Crippen molar-refractivity contribution in [2.75, 3.05) is 18.4 Å². The summed E-state index contributed by atoms with van der Waals surface area (Å²) in [6.07, 6.45) is 2.26. The highest BCUT2D eigenvalue weighted by molar-refractivity contribution is 6.02. The van der Waals surface area contributed by atoms with Gasteiger partial charge in [0.25, 0.3) is 5.91 Å². The minimum Gasteiger partial charge on any atom is -0.479 e. The summed E-state index contributed by atoms with van der Waals surface area (Å²) in [5.74, 6) is 0.237. The Morgan fingerprint density at radius 2 is 2.04 bits per heavy atom. The van der Waals surface area contributed by atoms with Gasteiger partial charge in [-0.25, -0.2) is 0 Å². The van der Waals surface area contributed by atoms with Crippen LogP contribution in [0.25, 0.3) is 0 Å². The number of amides is 2. The molecule has 2 aliphatic rings. The summed E-state index contributed by atoms with van der Waals surface area (Å²) in [6, 6.07) is 4.69. The Hall–Kier alpha value is -2.41. The lowest BCUT2D eigenvalue weighted by atomic mass is 9.88. The van der Waals surface area contributed by atoms with Crippen LogP contribution in [0.3, 0.4) is 0 Å². The normalized spacial score (nSPS) is 21.1. The quantitative estimate of drug-likeness (QED) is 0.768. The van der Waals surface area contributed by atoms with E-state index in [-0.39, 0.29) is 23.5 Å². The van der Waals surface area contributed by atoms with Crippen LogP contribution in [0.5, 0.6) is 5.75 Å². The molecule has 7 nitrogen and oxygen atoms in total. The van der Waals surface area contributed by atoms with E-state index in [0.29, 0.717) is 49.4 Å². The maximum absolute atomic E-state index is 12.9. The van der Waals surface area contributed by atoms with E-state index >= 15 is 0 Å². The van der Waals surface area contributed by atoms with Crippen molar-refractivity contribution in [3.63, 3.8) is 0 Å². The van der Waals surface area contributed by atoms with Crippen molar-refractivity contribution >= 4 is 23.3 Å². The number of nitrogens with two attached hydrogens (primary N) is 1. The van der Waals surface area contributed by atoms with Crippen LogP contribution in [0.2, 0.25) is 0 Å². The van der Waals surface area contributed by atoms with Gasteiger partial charge in [-0.2, -0.15) is 0 Å². The van der Waals surface area contributed by atoms with E-state index in [0.717, 1.165) is 6.42 Å². The topological polar surface area (TPSA) is 102 Å². The molecule has 2 amide bonds. The number of ether oxygens (including phenoxy) is 1. The molecule has 1 saturated heterocycles. The number of anilines is 1. The third-order valence-corrected chi connectivity index (χ3v) is 5.29. The lowest BCUT2D eigenvalue weighted by Gasteiger charge is -2.33. The van der Waals surface area contributed by atoms with E-state index in [2.05, 4.69) is 5.32 Å². The molecule has 146 valence electrons. The van der Waals surface area contributed by atoms with Gasteiger partial charge in [0.15, 0.2) is 11.9 Å². The summed E-state index contributed by atoms with van der Waals surface area (Å²) in [6.45, 7) is 4.79. The Morgan fingerprint density at radius 1 is 1.33 bits per heavy atom. The van der Waals surface area contributed by atoms with Crippen molar-refractivity contribution in [1.82, 2.24) is 4.90 Å². The highest BCUT2D eigenvalue weighted by Gasteiger charge is 2.31. The molecule has 27 heavy (non-hydrogen) atoms. The lowest BCUT2D eigenvalue weighted by Crippen LogP contribution is -2.47. The second kappa shape index (κ2) is 8.08. The molecule has 1 fully saturated rings. The zero-order chi connectivity index (χ0) is 19.6. The molecule has 0 radical (unpaired) electrons. The largest absolute Gasteiger partial charge is 0.479 e. The molecule has 1 aromatic carbocycles. The number of nitrogens with zero attached hydrogens (tertiary/aromatic N) is 1. The van der Waals surface area contributed by atoms with E-state index in [1.54, 1.807) is 30.0 Å². The van der Waals surface area contributed by atoms with E-state index in [9.17, 15) is 14.4 Å². The number of hydrogen-bond acceptors (Lipinski definition) is 5. The summed E-state index contributed by atoms with van der Waals surface area (Å²) in [4.78, 5) is 38.7. The van der Waals surface area contributed by atoms with Crippen molar-refractivity contribution in [3.8, 4) is 5.75 Å². The van der Waals surface area contributed by atoms with Crippen molar-refractivity contribution < 1.29 is 19.1 Å². The summed E-state index contributed by atoms with van der Waals surface area (Å²) in [5.41, 5.74) is 7.01. The number of carbonyl (C=O) groups excluding carboxylic acids is 3. The first kappa shape index (κ1) is 19.4. The highest BCUT2D eigenvalue weighted by Crippen LogP contribution is 2.32. The molecule has 1 aromatic rings. The van der Waals surface area contributed by atoms with Gasteiger partial charge in [-0.15, -0.1) is 0 Å². The number of likely N-dealkylation sites (tertiary alicyclic amines) is 1. The standard InChI is InChI=1S/C20H27N3O4/c1-3-4-15(21)20(26)23-9-7-13(8-10-23)18(24)14-5-6-17-16(11-14)22-19(25)12(2)27-17/h5-6,11-13,15H,3-4,7-10,21H2,1-2H3,(H,22,25). The SMILES string of the molecule is CCCC(N)C(=O)N1CCC(C(=O)c2ccc3c(c2)NC(=O)C(C)O3)CC1. The maximum Gasteiger partial charge on any atom is 0.265 e. The fourth-order valence-corrected chi connectivity index (χ4v) is 3.63. The number of hydrogen-bond donors (Lipinski definition) is 2. The summed E-state index contributed by atoms with van der Waals surface area (Å²) < 4.78 is 5.53. The third-order valence-electron chi connectivity index (χ3n) is 5.29. The first-order chi connectivity index (χ1) is 12.9. The van der Waals surface area contributed by atoms with Crippen molar-refractivity contribution in [3.05, 3.63) is 23.8 Å². The molecule has 0 spiro atoms. The Bertz CT molecular complexity index is 741. The van der Waals surface area contributed by atoms with Crippen LogP contribution in [-0.2, 0) is 9.59 Å². The van der Waals surface area contributed by atoms with Crippen molar-refractivity contribution in [1.29, 1.82) is 0 Å². The molecule has 7 heteroatoms. The predicted molar refractivity (Wildman–Crippen MR) is 102 cm³/mol. The van der Waals surface area contributed by atoms with Gasteiger partial charge >= 0.3 is 0 Å². The van der Waals surface area contributed by atoms with Crippen LogP contribution < -0.4 is 15.8 Å². The number of piperidine rings is 1. The number of benzene rings is 1. The van der Waals surface area contributed by atoms with Crippen LogP contribution in [0.15, 0.2) is 18.2 Å². The number of nitrogens with one attached hydrogen (secondary N) is 1. The van der Waals surface area contributed by atoms with E-state index < -0.39 is 12.1 Å². The molecular weight excluding hydrogens is 346 g/mol. The van der Waals surface area contributed by atoms with Crippen LogP contribution >= 0.6 is 0 Å². The molecule has 0 aromatic heterocycles. The number of carbonyl (C=O) groups is 3. The smallest absolute Gasteiger partial charge is 0.265 e. The predicted octanol–water partition coefficient (Wildman–Crippen LogP) is 1.95. The Balaban J connectivity index is 1.62. The van der Waals surface area contributed by atoms with Gasteiger partial charge in [-0.1, -0.05) is 13.3 Å². The van der Waals surface area contributed by atoms with E-state index in [4.69, 9.17) is 10.5 Å². The summed E-state index contributed by atoms with van der Waals surface area (Å²) in [5, 5.41) is 2.77. The van der Waals surface area contributed by atoms with Crippen LogP contribution in [0.4, 0.5) is 5.69 Å². The van der Waals surface area contributed by atoms with Crippen molar-refractivity contribution in [2.45, 2.75) is 51.7 Å². The van der Waals surface area contributed by atoms with Gasteiger partial charge in [0, 0.05) is 24.6 Å². The maximum atomic E-state index is 12.9. The second-order valence-electron chi connectivity index (χ2n) is 7.32. The molecule has 0 bridgehead atoms. The first-order valence-electron chi connectivity index (χ1n) is 9.60. The van der Waals surface area contributed by atoms with E-state index in [1.807, 2.05) is 6.92 Å². The van der Waals surface area contributed by atoms with Crippen molar-refractivity contribution in [2.24, 2.45) is 11.7 Å². The zero-order valence-corrected chi connectivity index (χ0v) is 15.9. The van der Waals surface area contributed by atoms with Gasteiger partial charge in [-0.3, -0.25) is 14.4 Å². The highest BCUT2D eigenvalue weighted by atomic mass is 16.5. The lowest BCUT2D eigenvalue weighted by molar-refractivity contribution is -0.134. The van der Waals surface area contributed by atoms with Gasteiger partial charge in [-0.05, 0) is 44.4 Å². The molecule has 0 saturated carbocycles. The minimum atomic E-state index is -0.542. The van der Waals surface area contributed by atoms with Crippen LogP contribution in [0.1, 0.15) is 49.9 Å². The Labute approximate surface area is 159 Å². The number of fused-ring (bicyclic) bond motifs is 1. The molecule has 2 unspecified atom stereocenters. The number of rotatable bonds is 5. The van der Waals surface area contributed by atoms with Crippen LogP contribution in [0, 0.1) is 5.92 Å². The van der Waals surface area contributed by atoms with E-state index in [1.165, 1.54) is 0 Å². The molecule has 2 heterocycles. The molecule has 2 atom stereocenters. The van der Waals surface area contributed by atoms with Gasteiger partial charge in [0.1, 0.15) is 5.75 Å². The first-order valence-corrected chi connectivity index (χ1v) is 9.60. The third kappa shape index (κ3) is 4.13. The molecule has 0 aliphatic carbocycles. The molecule has 3 rings (SSSR count). The fourth-order valence-electron chi connectivity index (χ4n) is 3.63. The summed E-state index contributed by atoms with van der Waals surface area (Å²) >= 11 is 0. The molecule has 3 N–H and O–H groups in total. The van der Waals surface area contributed by atoms with Crippen LogP contribution in [-0.4, -0.2) is 47.7 Å². The summed E-state index contributed by atoms with van der Waals surface area (Å²) in [7, 11) is 0. The molecule has 2 aliphatic heterocycles. The molecular formula is C20H27N3O4. The minimum absolute atomic E-state index is 0.0227. The van der Waals surface area contributed by atoms with Gasteiger partial charge in [0.05, 0.1) is 11.7 Å². The average Bonchev–Trinajstić information content (AvgIpc) is 2.67. The number of ketones is 1. The average molecular weight is 373 g/mol. The van der Waals surface area contributed by atoms with Gasteiger partial charge < -0.3 is 20.7 Å². The Morgan fingerprint density at radius 3 is 2.70 bits per heavy atom. The fraction of sp³-hybridized carbons (Fsp3) is 0.550. The van der Waals surface area contributed by atoms with Gasteiger partial charge in [0.2, 0.25) is 5.91 Å². The number of Topliss-reactive ketones (excluding diaryl/α,β-unsaturated/α-hetero) is 1. The Kier molecular flexibility index (Phi) is 5.79. The monoisotopic (exact) mass is 373 g/mol. The zero-order valence-electron chi connectivity index (χ0n) is 15.9.